The van der Waals surface area contributed by atoms with E-state index in [9.17, 15) is 19.2 Å². The number of aromatic nitrogens is 3. The van der Waals surface area contributed by atoms with Crippen LogP contribution in [0.4, 0.5) is 5.95 Å². The van der Waals surface area contributed by atoms with Crippen LogP contribution in [0.3, 0.4) is 0 Å². The minimum absolute atomic E-state index is 0.0885. The highest BCUT2D eigenvalue weighted by atomic mass is 32.1. The van der Waals surface area contributed by atoms with E-state index >= 15 is 0 Å². The van der Waals surface area contributed by atoms with Gasteiger partial charge in [-0.3, -0.25) is 28.7 Å². The SMILES string of the molecule is CC(=O)OC[C@H]1C[C@@H](n2c(=O)sc3c(=O)[nH]c(N)nc32)[C@H](OC(C)=O)C1. The fraction of sp³-hybridized carbons (Fsp3) is 0.533. The van der Waals surface area contributed by atoms with Crippen molar-refractivity contribution in [2.45, 2.75) is 38.8 Å². The molecule has 140 valence electrons. The molecule has 0 radical (unpaired) electrons. The van der Waals surface area contributed by atoms with E-state index < -0.39 is 29.6 Å². The van der Waals surface area contributed by atoms with Gasteiger partial charge in [-0.25, -0.2) is 0 Å². The molecule has 0 bridgehead atoms. The third kappa shape index (κ3) is 3.47. The lowest BCUT2D eigenvalue weighted by molar-refractivity contribution is -0.148. The van der Waals surface area contributed by atoms with E-state index in [0.717, 1.165) is 11.3 Å². The minimum atomic E-state index is -0.592. The maximum absolute atomic E-state index is 12.5. The van der Waals surface area contributed by atoms with Crippen LogP contribution in [-0.4, -0.2) is 39.2 Å². The van der Waals surface area contributed by atoms with Gasteiger partial charge in [0, 0.05) is 13.8 Å². The first-order valence-corrected chi connectivity index (χ1v) is 8.79. The molecule has 0 aliphatic heterocycles. The van der Waals surface area contributed by atoms with Crippen LogP contribution in [0.5, 0.6) is 0 Å². The number of nitrogens with one attached hydrogen (secondary N) is 1. The molecular formula is C15H18N4O6S. The van der Waals surface area contributed by atoms with Gasteiger partial charge < -0.3 is 15.2 Å². The number of hydrogen-bond donors (Lipinski definition) is 2. The van der Waals surface area contributed by atoms with Crippen LogP contribution in [0.25, 0.3) is 10.3 Å². The van der Waals surface area contributed by atoms with Gasteiger partial charge in [-0.2, -0.15) is 4.98 Å². The quantitative estimate of drug-likeness (QED) is 0.712. The fourth-order valence-electron chi connectivity index (χ4n) is 3.30. The first-order valence-electron chi connectivity index (χ1n) is 7.97. The Morgan fingerprint density at radius 1 is 1.31 bits per heavy atom. The topological polar surface area (TPSA) is 146 Å². The van der Waals surface area contributed by atoms with E-state index in [-0.39, 0.29) is 33.7 Å². The number of nitrogen functional groups attached to an aromatic ring is 1. The number of esters is 2. The highest BCUT2D eigenvalue weighted by Gasteiger charge is 2.40. The molecule has 3 rings (SSSR count). The van der Waals surface area contributed by atoms with E-state index in [0.29, 0.717) is 12.8 Å². The molecule has 1 aliphatic carbocycles. The van der Waals surface area contributed by atoms with Gasteiger partial charge >= 0.3 is 16.8 Å². The van der Waals surface area contributed by atoms with Crippen molar-refractivity contribution in [3.8, 4) is 0 Å². The van der Waals surface area contributed by atoms with Crippen molar-refractivity contribution in [1.29, 1.82) is 0 Å². The van der Waals surface area contributed by atoms with E-state index in [1.165, 1.54) is 18.4 Å². The first-order chi connectivity index (χ1) is 12.3. The highest BCUT2D eigenvalue weighted by Crippen LogP contribution is 2.38. The number of nitrogens with two attached hydrogens (primary N) is 1. The first kappa shape index (κ1) is 18.1. The number of thiazole rings is 1. The molecule has 0 unspecified atom stereocenters. The predicted molar refractivity (Wildman–Crippen MR) is 92.9 cm³/mol. The number of aromatic amines is 1. The molecule has 2 heterocycles. The van der Waals surface area contributed by atoms with Crippen molar-refractivity contribution >= 4 is 39.6 Å². The number of hydrogen-bond acceptors (Lipinski definition) is 9. The number of carbonyl (C=O) groups is 2. The number of H-pyrrole nitrogens is 1. The summed E-state index contributed by atoms with van der Waals surface area (Å²) in [7, 11) is 0. The van der Waals surface area contributed by atoms with Crippen LogP contribution < -0.4 is 16.2 Å². The molecule has 1 saturated carbocycles. The summed E-state index contributed by atoms with van der Waals surface area (Å²) in [6, 6.07) is -0.519. The lowest BCUT2D eigenvalue weighted by Gasteiger charge is -2.20. The summed E-state index contributed by atoms with van der Waals surface area (Å²) in [6.07, 6.45) is 0.275. The zero-order chi connectivity index (χ0) is 19.0. The number of carbonyl (C=O) groups excluding carboxylic acids is 2. The molecule has 26 heavy (non-hydrogen) atoms. The summed E-state index contributed by atoms with van der Waals surface area (Å²) in [6.45, 7) is 2.76. The summed E-state index contributed by atoms with van der Waals surface area (Å²) in [5.74, 6) is -1.08. The molecule has 11 heteroatoms. The van der Waals surface area contributed by atoms with Gasteiger partial charge in [0.05, 0.1) is 12.6 Å². The van der Waals surface area contributed by atoms with Crippen molar-refractivity contribution in [3.05, 3.63) is 20.0 Å². The van der Waals surface area contributed by atoms with Gasteiger partial charge in [0.2, 0.25) is 5.95 Å². The van der Waals surface area contributed by atoms with Crippen LogP contribution in [0.15, 0.2) is 9.59 Å². The molecule has 0 spiro atoms. The largest absolute Gasteiger partial charge is 0.466 e. The molecule has 3 N–H and O–H groups in total. The maximum atomic E-state index is 12.5. The number of fused-ring (bicyclic) bond motifs is 1. The lowest BCUT2D eigenvalue weighted by Crippen LogP contribution is -2.29. The van der Waals surface area contributed by atoms with Crippen LogP contribution in [0.1, 0.15) is 32.7 Å². The van der Waals surface area contributed by atoms with Gasteiger partial charge in [-0.1, -0.05) is 11.3 Å². The highest BCUT2D eigenvalue weighted by molar-refractivity contribution is 7.16. The van der Waals surface area contributed by atoms with Gasteiger partial charge in [-0.15, -0.1) is 0 Å². The average Bonchev–Trinajstić information content (AvgIpc) is 3.05. The van der Waals surface area contributed by atoms with Crippen LogP contribution in [-0.2, 0) is 19.1 Å². The zero-order valence-electron chi connectivity index (χ0n) is 14.2. The van der Waals surface area contributed by atoms with Gasteiger partial charge in [0.1, 0.15) is 10.8 Å². The average molecular weight is 382 g/mol. The number of anilines is 1. The normalized spacial score (nSPS) is 22.5. The van der Waals surface area contributed by atoms with Gasteiger partial charge in [0.15, 0.2) is 5.65 Å². The molecule has 1 aliphatic rings. The second-order valence-corrected chi connectivity index (χ2v) is 7.16. The summed E-state index contributed by atoms with van der Waals surface area (Å²) in [4.78, 5) is 53.1. The van der Waals surface area contributed by atoms with E-state index in [2.05, 4.69) is 9.97 Å². The van der Waals surface area contributed by atoms with Crippen LogP contribution >= 0.6 is 11.3 Å². The molecule has 2 aromatic rings. The van der Waals surface area contributed by atoms with Crippen molar-refractivity contribution < 1.29 is 19.1 Å². The third-order valence-electron chi connectivity index (χ3n) is 4.23. The molecule has 2 aromatic heterocycles. The van der Waals surface area contributed by atoms with Crippen molar-refractivity contribution in [1.82, 2.24) is 14.5 Å². The van der Waals surface area contributed by atoms with Crippen molar-refractivity contribution in [3.63, 3.8) is 0 Å². The predicted octanol–water partition coefficient (Wildman–Crippen LogP) is 0.174. The fourth-order valence-corrected chi connectivity index (χ4v) is 4.17. The van der Waals surface area contributed by atoms with Crippen LogP contribution in [0, 0.1) is 5.92 Å². The molecule has 3 atom stereocenters. The molecule has 0 amide bonds. The summed E-state index contributed by atoms with van der Waals surface area (Å²) in [5, 5.41) is 0. The number of nitrogens with zero attached hydrogens (tertiary/aromatic N) is 2. The molecule has 10 nitrogen and oxygen atoms in total. The van der Waals surface area contributed by atoms with Gasteiger partial charge in [-0.05, 0) is 18.8 Å². The molecular weight excluding hydrogens is 364 g/mol. The summed E-state index contributed by atoms with van der Waals surface area (Å²) < 4.78 is 11.9. The second kappa shape index (κ2) is 6.90. The Labute approximate surface area is 150 Å². The van der Waals surface area contributed by atoms with E-state index in [1.807, 2.05) is 0 Å². The van der Waals surface area contributed by atoms with Crippen molar-refractivity contribution in [2.24, 2.45) is 5.92 Å². The molecule has 0 saturated heterocycles. The monoisotopic (exact) mass is 382 g/mol. The number of ether oxygens (including phenoxy) is 2. The zero-order valence-corrected chi connectivity index (χ0v) is 15.0. The van der Waals surface area contributed by atoms with Crippen molar-refractivity contribution in [2.75, 3.05) is 12.3 Å². The Kier molecular flexibility index (Phi) is 4.81. The molecule has 0 aromatic carbocycles. The Morgan fingerprint density at radius 2 is 2.04 bits per heavy atom. The Balaban J connectivity index is 2.02. The lowest BCUT2D eigenvalue weighted by atomic mass is 10.1. The third-order valence-corrected chi connectivity index (χ3v) is 5.18. The smallest absolute Gasteiger partial charge is 0.309 e. The second-order valence-electron chi connectivity index (χ2n) is 6.20. The molecule has 1 fully saturated rings. The summed E-state index contributed by atoms with van der Waals surface area (Å²) in [5.41, 5.74) is 5.27. The standard InChI is InChI=1S/C15H18N4O6S/c1-6(20)24-5-8-3-9(10(4-8)25-7(2)21)19-12-11(26-15(19)23)13(22)18-14(16)17-12/h8-10H,3-5H2,1-2H3,(H3,16,17,18,22)/t8-,9+,10+/m0/s1. The minimum Gasteiger partial charge on any atom is -0.466 e. The Morgan fingerprint density at radius 3 is 2.69 bits per heavy atom. The number of rotatable bonds is 4. The maximum Gasteiger partial charge on any atom is 0.309 e. The van der Waals surface area contributed by atoms with Gasteiger partial charge in [0.25, 0.3) is 5.56 Å². The Bertz CT molecular complexity index is 977. The van der Waals surface area contributed by atoms with E-state index in [4.69, 9.17) is 15.2 Å². The summed E-state index contributed by atoms with van der Waals surface area (Å²) >= 11 is 0.761. The van der Waals surface area contributed by atoms with Crippen LogP contribution in [0.2, 0.25) is 0 Å². The van der Waals surface area contributed by atoms with E-state index in [1.54, 1.807) is 0 Å². The Hall–Kier alpha value is -2.69.